The number of hydrogen-bond donors (Lipinski definition) is 1. The molecular formula is C18H15N5O4S. The Kier molecular flexibility index (Phi) is 4.94. The molecule has 1 atom stereocenters. The van der Waals surface area contributed by atoms with E-state index in [9.17, 15) is 10.1 Å². The van der Waals surface area contributed by atoms with Gasteiger partial charge >= 0.3 is 5.88 Å². The van der Waals surface area contributed by atoms with Crippen molar-refractivity contribution < 1.29 is 14.1 Å². The van der Waals surface area contributed by atoms with Crippen LogP contribution in [0.25, 0.3) is 17.3 Å². The van der Waals surface area contributed by atoms with E-state index in [1.165, 1.54) is 23.9 Å². The molecule has 0 saturated heterocycles. The molecule has 10 heteroatoms. The third-order valence-corrected chi connectivity index (χ3v) is 4.57. The molecule has 0 bridgehead atoms. The molecule has 1 N–H and O–H groups in total. The molecule has 3 aromatic rings. The Morgan fingerprint density at radius 3 is 2.93 bits per heavy atom. The summed E-state index contributed by atoms with van der Waals surface area (Å²) in [6.45, 7) is 2.01. The quantitative estimate of drug-likeness (QED) is 0.387. The predicted molar refractivity (Wildman–Crippen MR) is 104 cm³/mol. The van der Waals surface area contributed by atoms with E-state index in [4.69, 9.17) is 9.15 Å². The Morgan fingerprint density at radius 1 is 1.29 bits per heavy atom. The molecule has 0 unspecified atom stereocenters. The van der Waals surface area contributed by atoms with Crippen molar-refractivity contribution in [2.45, 2.75) is 18.3 Å². The molecule has 2 aromatic heterocycles. The SMILES string of the molecule is CCSc1nnc2c(n1)O[C@H](C=Cc1ccc([N+](=O)[O-])o1)Nc1ccccc1-2. The average Bonchev–Trinajstić information content (AvgIpc) is 3.11. The van der Waals surface area contributed by atoms with Crippen LogP contribution in [0.3, 0.4) is 0 Å². The van der Waals surface area contributed by atoms with Crippen LogP contribution in [0.2, 0.25) is 0 Å². The first kappa shape index (κ1) is 18.0. The van der Waals surface area contributed by atoms with Crippen molar-refractivity contribution in [2.75, 3.05) is 11.1 Å². The topological polar surface area (TPSA) is 116 Å². The highest BCUT2D eigenvalue weighted by molar-refractivity contribution is 7.99. The Hall–Kier alpha value is -3.40. The first-order valence-electron chi connectivity index (χ1n) is 8.46. The molecule has 0 fully saturated rings. The molecule has 1 aromatic carbocycles. The fraction of sp³-hybridized carbons (Fsp3) is 0.167. The van der Waals surface area contributed by atoms with Crippen LogP contribution >= 0.6 is 11.8 Å². The lowest BCUT2D eigenvalue weighted by Gasteiger charge is -2.15. The number of anilines is 1. The third kappa shape index (κ3) is 3.67. The number of nitro groups is 1. The minimum Gasteiger partial charge on any atom is -0.448 e. The molecule has 142 valence electrons. The van der Waals surface area contributed by atoms with Gasteiger partial charge in [0.25, 0.3) is 0 Å². The van der Waals surface area contributed by atoms with Crippen LogP contribution in [0.1, 0.15) is 12.7 Å². The Bertz CT molecular complexity index is 1050. The molecule has 4 rings (SSSR count). The van der Waals surface area contributed by atoms with Crippen LogP contribution in [0.15, 0.2) is 52.0 Å². The largest absolute Gasteiger partial charge is 0.448 e. The van der Waals surface area contributed by atoms with Gasteiger partial charge in [0.05, 0.1) is 6.07 Å². The smallest absolute Gasteiger partial charge is 0.433 e. The molecule has 28 heavy (non-hydrogen) atoms. The zero-order valence-electron chi connectivity index (χ0n) is 14.7. The van der Waals surface area contributed by atoms with Crippen molar-refractivity contribution in [3.05, 3.63) is 58.3 Å². The van der Waals surface area contributed by atoms with Gasteiger partial charge in [-0.25, -0.2) is 0 Å². The summed E-state index contributed by atoms with van der Waals surface area (Å²) in [6, 6.07) is 10.4. The molecule has 9 nitrogen and oxygen atoms in total. The highest BCUT2D eigenvalue weighted by atomic mass is 32.2. The molecule has 0 aliphatic carbocycles. The lowest BCUT2D eigenvalue weighted by atomic mass is 10.1. The van der Waals surface area contributed by atoms with E-state index in [1.54, 1.807) is 12.2 Å². The maximum atomic E-state index is 10.8. The standard InChI is InChI=1S/C18H15N5O4S/c1-2-28-18-20-17-16(21-22-18)12-5-3-4-6-13(12)19-14(27-17)9-7-11-8-10-15(26-11)23(24)25/h3-10,14,19H,2H2,1H3/t14-/m1/s1. The van der Waals surface area contributed by atoms with E-state index >= 15 is 0 Å². The number of ether oxygens (including phenoxy) is 1. The summed E-state index contributed by atoms with van der Waals surface area (Å²) in [7, 11) is 0. The number of hydrogen-bond acceptors (Lipinski definition) is 9. The number of rotatable bonds is 5. The molecule has 0 spiro atoms. The summed E-state index contributed by atoms with van der Waals surface area (Å²) >= 11 is 1.47. The Labute approximate surface area is 164 Å². The zero-order chi connectivity index (χ0) is 19.5. The van der Waals surface area contributed by atoms with Crippen molar-refractivity contribution in [2.24, 2.45) is 0 Å². The van der Waals surface area contributed by atoms with Crippen molar-refractivity contribution >= 4 is 29.4 Å². The van der Waals surface area contributed by atoms with Gasteiger partial charge in [0, 0.05) is 11.3 Å². The molecule has 0 radical (unpaired) electrons. The summed E-state index contributed by atoms with van der Waals surface area (Å²) in [5.74, 6) is 1.21. The van der Waals surface area contributed by atoms with Crippen molar-refractivity contribution in [3.63, 3.8) is 0 Å². The van der Waals surface area contributed by atoms with E-state index in [1.807, 2.05) is 31.2 Å². The van der Waals surface area contributed by atoms with Gasteiger partial charge < -0.3 is 14.5 Å². The summed E-state index contributed by atoms with van der Waals surface area (Å²) in [5, 5.41) is 23.0. The number of fused-ring (bicyclic) bond motifs is 3. The zero-order valence-corrected chi connectivity index (χ0v) is 15.5. The first-order chi connectivity index (χ1) is 13.6. The molecular weight excluding hydrogens is 382 g/mol. The molecule has 0 saturated carbocycles. The van der Waals surface area contributed by atoms with E-state index in [2.05, 4.69) is 20.5 Å². The number of thioether (sulfide) groups is 1. The van der Waals surface area contributed by atoms with Crippen LogP contribution in [0, 0.1) is 10.1 Å². The average molecular weight is 397 g/mol. The summed E-state index contributed by atoms with van der Waals surface area (Å²) in [6.07, 6.45) is 2.72. The first-order valence-corrected chi connectivity index (χ1v) is 9.45. The molecule has 0 amide bonds. The summed E-state index contributed by atoms with van der Waals surface area (Å²) < 4.78 is 11.1. The molecule has 3 heterocycles. The second-order valence-corrected chi connectivity index (χ2v) is 6.93. The van der Waals surface area contributed by atoms with E-state index in [-0.39, 0.29) is 5.88 Å². The van der Waals surface area contributed by atoms with Gasteiger partial charge in [-0.05, 0) is 30.0 Å². The number of nitrogens with one attached hydrogen (secondary N) is 1. The lowest BCUT2D eigenvalue weighted by Crippen LogP contribution is -2.23. The van der Waals surface area contributed by atoms with E-state index in [0.29, 0.717) is 22.5 Å². The fourth-order valence-corrected chi connectivity index (χ4v) is 3.16. The lowest BCUT2D eigenvalue weighted by molar-refractivity contribution is -0.402. The predicted octanol–water partition coefficient (Wildman–Crippen LogP) is 4.00. The summed E-state index contributed by atoms with van der Waals surface area (Å²) in [5.41, 5.74) is 2.19. The Morgan fingerprint density at radius 2 is 2.14 bits per heavy atom. The van der Waals surface area contributed by atoms with Gasteiger partial charge in [0.15, 0.2) is 11.9 Å². The van der Waals surface area contributed by atoms with Crippen molar-refractivity contribution in [1.82, 2.24) is 15.2 Å². The van der Waals surface area contributed by atoms with Gasteiger partial charge in [-0.3, -0.25) is 10.1 Å². The maximum Gasteiger partial charge on any atom is 0.433 e. The Balaban J connectivity index is 1.67. The van der Waals surface area contributed by atoms with Crippen molar-refractivity contribution in [3.8, 4) is 17.1 Å². The number of aromatic nitrogens is 3. The normalized spacial score (nSPS) is 15.2. The van der Waals surface area contributed by atoms with Crippen LogP contribution in [-0.2, 0) is 0 Å². The summed E-state index contributed by atoms with van der Waals surface area (Å²) in [4.78, 5) is 14.6. The molecule has 1 aliphatic heterocycles. The maximum absolute atomic E-state index is 10.8. The highest BCUT2D eigenvalue weighted by Crippen LogP contribution is 2.36. The van der Waals surface area contributed by atoms with Gasteiger partial charge in [-0.15, -0.1) is 10.2 Å². The monoisotopic (exact) mass is 397 g/mol. The fourth-order valence-electron chi connectivity index (χ4n) is 2.66. The number of furan rings is 1. The molecule has 1 aliphatic rings. The van der Waals surface area contributed by atoms with E-state index < -0.39 is 11.2 Å². The van der Waals surface area contributed by atoms with Crippen LogP contribution < -0.4 is 10.1 Å². The van der Waals surface area contributed by atoms with Gasteiger partial charge in [-0.2, -0.15) is 4.98 Å². The van der Waals surface area contributed by atoms with Gasteiger partial charge in [0.1, 0.15) is 10.7 Å². The van der Waals surface area contributed by atoms with Crippen molar-refractivity contribution in [1.29, 1.82) is 0 Å². The number of nitrogens with zero attached hydrogens (tertiary/aromatic N) is 4. The number of benzene rings is 1. The van der Waals surface area contributed by atoms with Gasteiger partial charge in [0.2, 0.25) is 11.0 Å². The van der Waals surface area contributed by atoms with Crippen LogP contribution in [-0.4, -0.2) is 32.1 Å². The van der Waals surface area contributed by atoms with Crippen LogP contribution in [0.5, 0.6) is 5.88 Å². The van der Waals surface area contributed by atoms with E-state index in [0.717, 1.165) is 17.0 Å². The third-order valence-electron chi connectivity index (χ3n) is 3.86. The minimum absolute atomic E-state index is 0.316. The second kappa shape index (κ2) is 7.69. The second-order valence-electron chi connectivity index (χ2n) is 5.70. The highest BCUT2D eigenvalue weighted by Gasteiger charge is 2.23. The minimum atomic E-state index is -0.584. The van der Waals surface area contributed by atoms with Crippen LogP contribution in [0.4, 0.5) is 11.6 Å². The number of para-hydroxylation sites is 1. The van der Waals surface area contributed by atoms with Gasteiger partial charge in [-0.1, -0.05) is 36.9 Å².